The number of primary amides is 1. The number of nitrogens with two attached hydrogens (primary N) is 1. The minimum atomic E-state index is -0.934. The van der Waals surface area contributed by atoms with Crippen LogP contribution in [0.3, 0.4) is 0 Å². The lowest BCUT2D eigenvalue weighted by molar-refractivity contribution is -0.135. The quantitative estimate of drug-likeness (QED) is 0.692. The molecule has 2 heterocycles. The number of rotatable bonds is 5. The number of carbonyl (C=O) groups excluding carboxylic acids is 2. The summed E-state index contributed by atoms with van der Waals surface area (Å²) in [5.41, 5.74) is 7.32. The molecule has 2 saturated heterocycles. The number of hydrogen-bond acceptors (Lipinski definition) is 4. The number of nitrogens with one attached hydrogen (secondary N) is 2. The van der Waals surface area contributed by atoms with E-state index in [4.69, 9.17) is 5.73 Å². The van der Waals surface area contributed by atoms with Crippen LogP contribution in [-0.4, -0.2) is 41.9 Å². The lowest BCUT2D eigenvalue weighted by Gasteiger charge is -2.46. The van der Waals surface area contributed by atoms with Crippen LogP contribution in [0.15, 0.2) is 53.6 Å². The molecule has 1 aromatic rings. The Balaban J connectivity index is 1.65. The van der Waals surface area contributed by atoms with Crippen LogP contribution in [0, 0.1) is 11.8 Å². The molecule has 0 aromatic heterocycles. The van der Waals surface area contributed by atoms with E-state index in [9.17, 15) is 14.0 Å². The van der Waals surface area contributed by atoms with E-state index in [1.807, 2.05) is 49.1 Å². The Morgan fingerprint density at radius 2 is 2.10 bits per heavy atom. The third kappa shape index (κ3) is 3.31. The molecule has 7 heteroatoms. The smallest absolute Gasteiger partial charge is 0.245 e. The van der Waals surface area contributed by atoms with Gasteiger partial charge in [-0.2, -0.15) is 0 Å². The summed E-state index contributed by atoms with van der Waals surface area (Å²) in [4.78, 5) is 27.6. The van der Waals surface area contributed by atoms with Gasteiger partial charge in [-0.25, -0.2) is 4.39 Å². The van der Waals surface area contributed by atoms with Crippen LogP contribution in [0.4, 0.5) is 4.39 Å². The molecule has 0 saturated carbocycles. The Morgan fingerprint density at radius 3 is 2.77 bits per heavy atom. The highest BCUT2D eigenvalue weighted by molar-refractivity contribution is 5.92. The second-order valence-electron chi connectivity index (χ2n) is 8.57. The topological polar surface area (TPSA) is 87.5 Å². The van der Waals surface area contributed by atoms with Crippen molar-refractivity contribution < 1.29 is 14.0 Å². The monoisotopic (exact) mass is 412 g/mol. The number of fused-ring (bicyclic) bond motifs is 1. The molecule has 0 spiro atoms. The molecule has 0 bridgehead atoms. The molecule has 0 radical (unpaired) electrons. The zero-order valence-electron chi connectivity index (χ0n) is 17.5. The highest BCUT2D eigenvalue weighted by Crippen LogP contribution is 2.46. The first kappa shape index (κ1) is 20.6. The number of nitrogens with zero attached hydrogens (tertiary/aromatic N) is 1. The highest BCUT2D eigenvalue weighted by atomic mass is 19.1. The number of hydrogen-bond donors (Lipinski definition) is 3. The van der Waals surface area contributed by atoms with E-state index in [-0.39, 0.29) is 35.9 Å². The number of likely N-dealkylation sites (N-methyl/N-ethyl adjacent to an activating group) is 1. The maximum Gasteiger partial charge on any atom is 0.245 e. The molecule has 4 N–H and O–H groups in total. The fourth-order valence-electron chi connectivity index (χ4n) is 5.28. The molecule has 6 nitrogen and oxygen atoms in total. The van der Waals surface area contributed by atoms with E-state index in [0.29, 0.717) is 31.8 Å². The van der Waals surface area contributed by atoms with Gasteiger partial charge in [0.15, 0.2) is 0 Å². The number of amides is 2. The van der Waals surface area contributed by atoms with E-state index >= 15 is 0 Å². The zero-order chi connectivity index (χ0) is 21.5. The highest BCUT2D eigenvalue weighted by Gasteiger charge is 2.56. The van der Waals surface area contributed by atoms with Crippen LogP contribution in [0.2, 0.25) is 0 Å². The average Bonchev–Trinajstić information content (AvgIpc) is 3.00. The molecule has 2 amide bonds. The van der Waals surface area contributed by atoms with Gasteiger partial charge in [0.1, 0.15) is 11.4 Å². The van der Waals surface area contributed by atoms with Gasteiger partial charge in [-0.15, -0.1) is 0 Å². The number of carbonyl (C=O) groups is 2. The van der Waals surface area contributed by atoms with Crippen LogP contribution in [0.5, 0.6) is 0 Å². The predicted octanol–water partition coefficient (Wildman–Crippen LogP) is 2.16. The van der Waals surface area contributed by atoms with Gasteiger partial charge in [0, 0.05) is 31.1 Å². The lowest BCUT2D eigenvalue weighted by atomic mass is 9.74. The summed E-state index contributed by atoms with van der Waals surface area (Å²) in [5.74, 6) is -1.48. The molecule has 1 unspecified atom stereocenters. The van der Waals surface area contributed by atoms with Gasteiger partial charge in [0.2, 0.25) is 11.8 Å². The first-order chi connectivity index (χ1) is 14.4. The van der Waals surface area contributed by atoms with Crippen molar-refractivity contribution in [3.63, 3.8) is 0 Å². The van der Waals surface area contributed by atoms with E-state index in [1.165, 1.54) is 6.08 Å². The first-order valence-corrected chi connectivity index (χ1v) is 10.6. The van der Waals surface area contributed by atoms with E-state index in [1.54, 1.807) is 0 Å². The van der Waals surface area contributed by atoms with Gasteiger partial charge in [0.25, 0.3) is 0 Å². The van der Waals surface area contributed by atoms with E-state index < -0.39 is 11.5 Å². The lowest BCUT2D eigenvalue weighted by Crippen LogP contribution is -2.60. The van der Waals surface area contributed by atoms with Crippen molar-refractivity contribution in [2.75, 3.05) is 19.6 Å². The SMILES string of the molecule is CCNC1=C2NC(=O)[C@@](C)(N3CC[C@@H](c4ccccc4)[C@@H](C(N)=O)C3)C2CC(F)=C1. The van der Waals surface area contributed by atoms with Gasteiger partial charge in [-0.3, -0.25) is 14.5 Å². The minimum Gasteiger partial charge on any atom is -0.384 e. The van der Waals surface area contributed by atoms with Crippen molar-refractivity contribution >= 4 is 11.8 Å². The van der Waals surface area contributed by atoms with Gasteiger partial charge >= 0.3 is 0 Å². The van der Waals surface area contributed by atoms with Crippen molar-refractivity contribution in [1.82, 2.24) is 15.5 Å². The summed E-state index contributed by atoms with van der Waals surface area (Å²) in [6.45, 7) is 5.45. The van der Waals surface area contributed by atoms with Gasteiger partial charge < -0.3 is 16.4 Å². The summed E-state index contributed by atoms with van der Waals surface area (Å²) in [5, 5.41) is 6.15. The summed E-state index contributed by atoms with van der Waals surface area (Å²) in [6, 6.07) is 9.91. The number of likely N-dealkylation sites (tertiary alicyclic amines) is 1. The minimum absolute atomic E-state index is 0.0170. The number of halogens is 1. The van der Waals surface area contributed by atoms with Gasteiger partial charge in [-0.05, 0) is 44.4 Å². The van der Waals surface area contributed by atoms with E-state index in [0.717, 1.165) is 11.3 Å². The Hall–Kier alpha value is -2.67. The molecule has 30 heavy (non-hydrogen) atoms. The summed E-state index contributed by atoms with van der Waals surface area (Å²) < 4.78 is 14.5. The van der Waals surface area contributed by atoms with Crippen molar-refractivity contribution in [2.24, 2.45) is 17.6 Å². The fraction of sp³-hybridized carbons (Fsp3) is 0.478. The van der Waals surface area contributed by atoms with Crippen molar-refractivity contribution in [3.8, 4) is 0 Å². The Morgan fingerprint density at radius 1 is 1.37 bits per heavy atom. The molecule has 1 aliphatic carbocycles. The molecule has 2 fully saturated rings. The molecule has 160 valence electrons. The molecule has 1 aromatic carbocycles. The maximum absolute atomic E-state index is 14.5. The van der Waals surface area contributed by atoms with E-state index in [2.05, 4.69) is 10.6 Å². The number of allylic oxidation sites excluding steroid dienone is 2. The molecule has 3 aliphatic rings. The second-order valence-corrected chi connectivity index (χ2v) is 8.57. The van der Waals surface area contributed by atoms with Crippen molar-refractivity contribution in [1.29, 1.82) is 0 Å². The van der Waals surface area contributed by atoms with Gasteiger partial charge in [0.05, 0.1) is 11.6 Å². The largest absolute Gasteiger partial charge is 0.384 e. The molecular weight excluding hydrogens is 383 g/mol. The third-order valence-electron chi connectivity index (χ3n) is 6.96. The van der Waals surface area contributed by atoms with Crippen molar-refractivity contribution in [2.45, 2.75) is 38.1 Å². The Bertz CT molecular complexity index is 913. The normalized spacial score (nSPS) is 31.8. The summed E-state index contributed by atoms with van der Waals surface area (Å²) >= 11 is 0. The van der Waals surface area contributed by atoms with Crippen LogP contribution < -0.4 is 16.4 Å². The maximum atomic E-state index is 14.5. The van der Waals surface area contributed by atoms with Gasteiger partial charge in [-0.1, -0.05) is 30.3 Å². The second kappa shape index (κ2) is 7.87. The van der Waals surface area contributed by atoms with Crippen LogP contribution in [0.1, 0.15) is 38.2 Å². The molecule has 4 rings (SSSR count). The Kier molecular flexibility index (Phi) is 5.40. The number of benzene rings is 1. The average molecular weight is 413 g/mol. The third-order valence-corrected chi connectivity index (χ3v) is 6.96. The molecular formula is C23H29FN4O2. The first-order valence-electron chi connectivity index (χ1n) is 10.6. The van der Waals surface area contributed by atoms with Crippen molar-refractivity contribution in [3.05, 3.63) is 59.2 Å². The summed E-state index contributed by atoms with van der Waals surface area (Å²) in [7, 11) is 0. The molecule has 4 atom stereocenters. The van der Waals surface area contributed by atoms with Crippen LogP contribution in [0.25, 0.3) is 0 Å². The predicted molar refractivity (Wildman–Crippen MR) is 113 cm³/mol. The summed E-state index contributed by atoms with van der Waals surface area (Å²) in [6.07, 6.45) is 2.35. The molecule has 2 aliphatic heterocycles. The number of piperidine rings is 1. The zero-order valence-corrected chi connectivity index (χ0v) is 17.5. The Labute approximate surface area is 176 Å². The van der Waals surface area contributed by atoms with Crippen LogP contribution in [-0.2, 0) is 9.59 Å². The fourth-order valence-corrected chi connectivity index (χ4v) is 5.28. The van der Waals surface area contributed by atoms with Crippen LogP contribution >= 0.6 is 0 Å². The standard InChI is InChI=1S/C23H29FN4O2/c1-3-26-19-12-15(24)11-18-20(19)27-22(30)23(18,2)28-10-9-16(17(13-28)21(25)29)14-7-5-4-6-8-14/h4-8,12,16-18,26H,3,9-11,13H2,1-2H3,(H2,25,29)(H,27,30)/t16-,17-,18?,23-/m0/s1.